The van der Waals surface area contributed by atoms with Crippen molar-refractivity contribution in [3.8, 4) is 0 Å². The molecule has 8 heteroatoms. The number of benzene rings is 1. The summed E-state index contributed by atoms with van der Waals surface area (Å²) in [6, 6.07) is 8.09. The number of nitrogens with zero attached hydrogens (tertiary/aromatic N) is 2. The number of halogens is 1. The van der Waals surface area contributed by atoms with Crippen LogP contribution in [-0.2, 0) is 10.0 Å². The van der Waals surface area contributed by atoms with Gasteiger partial charge in [0.15, 0.2) is 0 Å². The lowest BCUT2D eigenvalue weighted by molar-refractivity contribution is 0.0652. The third-order valence-corrected chi connectivity index (χ3v) is 8.04. The Kier molecular flexibility index (Phi) is 5.73. The summed E-state index contributed by atoms with van der Waals surface area (Å²) >= 11 is 6.26. The minimum absolute atomic E-state index is 0.00770. The summed E-state index contributed by atoms with van der Waals surface area (Å²) in [6.07, 6.45) is 6.16. The van der Waals surface area contributed by atoms with Gasteiger partial charge in [-0.15, -0.1) is 0 Å². The first-order chi connectivity index (χ1) is 13.9. The van der Waals surface area contributed by atoms with Gasteiger partial charge in [-0.2, -0.15) is 4.31 Å². The molecule has 156 valence electrons. The summed E-state index contributed by atoms with van der Waals surface area (Å²) in [5.74, 6) is 0.503. The number of amides is 1. The molecule has 2 aromatic rings. The Balaban J connectivity index is 1.66. The molecule has 0 spiro atoms. The predicted octanol–water partition coefficient (Wildman–Crippen LogP) is 4.47. The fourth-order valence-corrected chi connectivity index (χ4v) is 5.92. The Bertz CT molecular complexity index is 980. The molecule has 4 rings (SSSR count). The van der Waals surface area contributed by atoms with Crippen molar-refractivity contribution in [1.29, 1.82) is 0 Å². The second-order valence-corrected chi connectivity index (χ2v) is 10.1. The molecule has 1 atom stereocenters. The molecule has 0 bridgehead atoms. The molecule has 1 saturated heterocycles. The highest BCUT2D eigenvalue weighted by molar-refractivity contribution is 7.89. The van der Waals surface area contributed by atoms with E-state index in [0.717, 1.165) is 32.1 Å². The van der Waals surface area contributed by atoms with E-state index in [2.05, 4.69) is 0 Å². The molecular formula is C21H25ClN2O4S. The molecular weight excluding hydrogens is 412 g/mol. The Morgan fingerprint density at radius 2 is 1.93 bits per heavy atom. The molecule has 1 unspecified atom stereocenters. The summed E-state index contributed by atoms with van der Waals surface area (Å²) in [6.45, 7) is 2.90. The van der Waals surface area contributed by atoms with E-state index in [1.54, 1.807) is 23.3 Å². The van der Waals surface area contributed by atoms with Gasteiger partial charge < -0.3 is 9.32 Å². The minimum atomic E-state index is -3.73. The van der Waals surface area contributed by atoms with Gasteiger partial charge in [0.2, 0.25) is 10.0 Å². The van der Waals surface area contributed by atoms with Crippen LogP contribution in [0.15, 0.2) is 45.9 Å². The van der Waals surface area contributed by atoms with Gasteiger partial charge in [0.05, 0.1) is 17.3 Å². The topological polar surface area (TPSA) is 70.8 Å². The van der Waals surface area contributed by atoms with Crippen LogP contribution in [0.1, 0.15) is 61.2 Å². The Morgan fingerprint density at radius 1 is 1.21 bits per heavy atom. The van der Waals surface area contributed by atoms with Gasteiger partial charge in [0, 0.05) is 24.7 Å². The highest BCUT2D eigenvalue weighted by atomic mass is 35.5. The number of carbonyl (C=O) groups excluding carboxylic acids is 1. The zero-order valence-corrected chi connectivity index (χ0v) is 18.0. The molecule has 1 aromatic heterocycles. The Labute approximate surface area is 176 Å². The fraction of sp³-hybridized carbons (Fsp3) is 0.476. The van der Waals surface area contributed by atoms with E-state index >= 15 is 0 Å². The van der Waals surface area contributed by atoms with E-state index in [0.29, 0.717) is 24.4 Å². The van der Waals surface area contributed by atoms with E-state index in [1.807, 2.05) is 13.0 Å². The summed E-state index contributed by atoms with van der Waals surface area (Å²) in [4.78, 5) is 15.2. The second kappa shape index (κ2) is 8.13. The van der Waals surface area contributed by atoms with Crippen LogP contribution in [0.25, 0.3) is 0 Å². The van der Waals surface area contributed by atoms with Crippen LogP contribution in [-0.4, -0.2) is 42.7 Å². The van der Waals surface area contributed by atoms with Gasteiger partial charge in [0.1, 0.15) is 10.7 Å². The van der Waals surface area contributed by atoms with Crippen LogP contribution in [0.5, 0.6) is 0 Å². The van der Waals surface area contributed by atoms with Gasteiger partial charge >= 0.3 is 0 Å². The van der Waals surface area contributed by atoms with Crippen molar-refractivity contribution in [2.45, 2.75) is 56.0 Å². The number of carbonyl (C=O) groups is 1. The molecule has 0 N–H and O–H groups in total. The smallest absolute Gasteiger partial charge is 0.254 e. The van der Waals surface area contributed by atoms with Crippen molar-refractivity contribution in [3.63, 3.8) is 0 Å². The quantitative estimate of drug-likeness (QED) is 0.669. The van der Waals surface area contributed by atoms with E-state index in [1.165, 1.54) is 16.4 Å². The van der Waals surface area contributed by atoms with Crippen molar-refractivity contribution in [3.05, 3.63) is 52.9 Å². The molecule has 1 amide bonds. The number of sulfonamides is 1. The molecule has 1 aromatic carbocycles. The zero-order chi connectivity index (χ0) is 20.6. The van der Waals surface area contributed by atoms with Gasteiger partial charge in [-0.3, -0.25) is 4.79 Å². The summed E-state index contributed by atoms with van der Waals surface area (Å²) in [7, 11) is -3.73. The average molecular weight is 437 g/mol. The molecule has 1 aliphatic heterocycles. The standard InChI is InChI=1S/C21H25ClN2O4S/c1-15(19-6-5-13-28-19)24(17-8-9-17)21(25)16-7-10-18(22)20(14-16)29(26,27)23-11-3-2-4-12-23/h5-7,10,13-15,17H,2-4,8-9,11-12H2,1H3. The van der Waals surface area contributed by atoms with E-state index in [9.17, 15) is 13.2 Å². The lowest BCUT2D eigenvalue weighted by Crippen LogP contribution is -2.37. The van der Waals surface area contributed by atoms with Crippen molar-refractivity contribution in [2.24, 2.45) is 0 Å². The van der Waals surface area contributed by atoms with Gasteiger partial charge in [-0.25, -0.2) is 8.42 Å². The van der Waals surface area contributed by atoms with Crippen LogP contribution in [0.4, 0.5) is 0 Å². The number of piperidine rings is 1. The second-order valence-electron chi connectivity index (χ2n) is 7.74. The van der Waals surface area contributed by atoms with Crippen molar-refractivity contribution < 1.29 is 17.6 Å². The van der Waals surface area contributed by atoms with Crippen LogP contribution in [0, 0.1) is 0 Å². The van der Waals surface area contributed by atoms with Crippen LogP contribution < -0.4 is 0 Å². The normalized spacial score (nSPS) is 19.1. The van der Waals surface area contributed by atoms with E-state index in [-0.39, 0.29) is 27.9 Å². The van der Waals surface area contributed by atoms with Crippen molar-refractivity contribution in [2.75, 3.05) is 13.1 Å². The SMILES string of the molecule is CC(c1ccco1)N(C(=O)c1ccc(Cl)c(S(=O)(=O)N2CCCCC2)c1)C1CC1. The van der Waals surface area contributed by atoms with Crippen LogP contribution >= 0.6 is 11.6 Å². The third-order valence-electron chi connectivity index (χ3n) is 5.66. The molecule has 29 heavy (non-hydrogen) atoms. The van der Waals surface area contributed by atoms with Gasteiger partial charge in [-0.05, 0) is 62.9 Å². The molecule has 1 saturated carbocycles. The lowest BCUT2D eigenvalue weighted by Gasteiger charge is -2.29. The minimum Gasteiger partial charge on any atom is -0.467 e. The molecule has 0 radical (unpaired) electrons. The Hall–Kier alpha value is -1.83. The maximum absolute atomic E-state index is 13.4. The predicted molar refractivity (Wildman–Crippen MR) is 110 cm³/mol. The summed E-state index contributed by atoms with van der Waals surface area (Å²) in [5, 5.41) is 0.143. The molecule has 2 aliphatic rings. The number of hydrogen-bond acceptors (Lipinski definition) is 4. The van der Waals surface area contributed by atoms with Crippen molar-refractivity contribution >= 4 is 27.5 Å². The maximum atomic E-state index is 13.4. The third kappa shape index (κ3) is 4.09. The van der Waals surface area contributed by atoms with Crippen LogP contribution in [0.3, 0.4) is 0 Å². The molecule has 2 fully saturated rings. The highest BCUT2D eigenvalue weighted by Crippen LogP contribution is 2.36. The number of furan rings is 1. The number of rotatable bonds is 6. The number of hydrogen-bond donors (Lipinski definition) is 0. The first-order valence-corrected chi connectivity index (χ1v) is 11.9. The maximum Gasteiger partial charge on any atom is 0.254 e. The van der Waals surface area contributed by atoms with Crippen molar-refractivity contribution in [1.82, 2.24) is 9.21 Å². The zero-order valence-electron chi connectivity index (χ0n) is 16.4. The Morgan fingerprint density at radius 3 is 2.55 bits per heavy atom. The largest absolute Gasteiger partial charge is 0.467 e. The van der Waals surface area contributed by atoms with Gasteiger partial charge in [0.25, 0.3) is 5.91 Å². The fourth-order valence-electron chi connectivity index (χ4n) is 3.90. The highest BCUT2D eigenvalue weighted by Gasteiger charge is 2.38. The lowest BCUT2D eigenvalue weighted by atomic mass is 10.1. The van der Waals surface area contributed by atoms with Crippen LogP contribution in [0.2, 0.25) is 5.02 Å². The van der Waals surface area contributed by atoms with Gasteiger partial charge in [-0.1, -0.05) is 18.0 Å². The molecule has 6 nitrogen and oxygen atoms in total. The van der Waals surface area contributed by atoms with E-state index in [4.69, 9.17) is 16.0 Å². The first-order valence-electron chi connectivity index (χ1n) is 10.1. The summed E-state index contributed by atoms with van der Waals surface area (Å²) in [5.41, 5.74) is 0.329. The first kappa shape index (κ1) is 20.4. The monoisotopic (exact) mass is 436 g/mol. The molecule has 1 aliphatic carbocycles. The van der Waals surface area contributed by atoms with E-state index < -0.39 is 10.0 Å². The summed E-state index contributed by atoms with van der Waals surface area (Å²) < 4.78 is 33.2. The molecule has 2 heterocycles. The average Bonchev–Trinajstić information content (AvgIpc) is 3.40.